The van der Waals surface area contributed by atoms with Gasteiger partial charge in [0.2, 0.25) is 5.95 Å². The van der Waals surface area contributed by atoms with Crippen molar-refractivity contribution in [2.75, 3.05) is 5.32 Å². The quantitative estimate of drug-likeness (QED) is 0.826. The Morgan fingerprint density at radius 2 is 2.06 bits per heavy atom. The molecule has 84 valence electrons. The number of anilines is 1. The van der Waals surface area contributed by atoms with Gasteiger partial charge in [-0.15, -0.1) is 5.10 Å². The first-order valence-electron chi connectivity index (χ1n) is 5.05. The van der Waals surface area contributed by atoms with Crippen molar-refractivity contribution in [2.24, 2.45) is 7.05 Å². The molecule has 2 heterocycles. The minimum absolute atomic E-state index is 0.533. The molecule has 0 fully saturated rings. The lowest BCUT2D eigenvalue weighted by Crippen LogP contribution is -2.10. The largest absolute Gasteiger partial charge is 0.346 e. The van der Waals surface area contributed by atoms with Gasteiger partial charge in [0.15, 0.2) is 0 Å². The first-order valence-corrected chi connectivity index (χ1v) is 5.05. The van der Waals surface area contributed by atoms with Gasteiger partial charge in [0.05, 0.1) is 17.9 Å². The molecule has 0 aromatic carbocycles. The molecule has 0 aliphatic carbocycles. The predicted molar refractivity (Wildman–Crippen MR) is 59.8 cm³/mol. The van der Waals surface area contributed by atoms with E-state index < -0.39 is 0 Å². The third-order valence-electron chi connectivity index (χ3n) is 2.42. The van der Waals surface area contributed by atoms with Crippen LogP contribution in [0.4, 0.5) is 5.95 Å². The summed E-state index contributed by atoms with van der Waals surface area (Å²) in [6, 6.07) is 0. The number of hydrogen-bond acceptors (Lipinski definition) is 5. The van der Waals surface area contributed by atoms with E-state index in [2.05, 4.69) is 25.5 Å². The van der Waals surface area contributed by atoms with Crippen LogP contribution in [-0.4, -0.2) is 24.7 Å². The van der Waals surface area contributed by atoms with Gasteiger partial charge in [-0.2, -0.15) is 5.10 Å². The lowest BCUT2D eigenvalue weighted by Gasteiger charge is -2.05. The molecule has 0 aliphatic heterocycles. The van der Waals surface area contributed by atoms with Crippen LogP contribution >= 0.6 is 0 Å². The van der Waals surface area contributed by atoms with Gasteiger partial charge < -0.3 is 9.88 Å². The van der Waals surface area contributed by atoms with Crippen molar-refractivity contribution >= 4 is 5.95 Å². The first-order chi connectivity index (χ1) is 7.66. The molecule has 0 spiro atoms. The molecule has 2 rings (SSSR count). The van der Waals surface area contributed by atoms with Crippen molar-refractivity contribution in [2.45, 2.75) is 20.4 Å². The van der Waals surface area contributed by atoms with Crippen molar-refractivity contribution in [1.29, 1.82) is 0 Å². The van der Waals surface area contributed by atoms with Gasteiger partial charge in [-0.25, -0.2) is 9.97 Å². The fraction of sp³-hybridized carbons (Fsp3) is 0.400. The number of nitrogens with zero attached hydrogens (tertiary/aromatic N) is 5. The van der Waals surface area contributed by atoms with E-state index in [0.29, 0.717) is 12.5 Å². The fourth-order valence-corrected chi connectivity index (χ4v) is 1.26. The highest BCUT2D eigenvalue weighted by Gasteiger charge is 2.03. The number of hydrogen-bond donors (Lipinski definition) is 1. The summed E-state index contributed by atoms with van der Waals surface area (Å²) in [5, 5.41) is 11.0. The summed E-state index contributed by atoms with van der Waals surface area (Å²) < 4.78 is 1.95. The van der Waals surface area contributed by atoms with E-state index in [4.69, 9.17) is 0 Å². The fourth-order valence-electron chi connectivity index (χ4n) is 1.26. The van der Waals surface area contributed by atoms with Gasteiger partial charge in [-0.1, -0.05) is 0 Å². The molecule has 2 aromatic rings. The topological polar surface area (TPSA) is 68.5 Å². The van der Waals surface area contributed by atoms with E-state index in [0.717, 1.165) is 17.2 Å². The highest BCUT2D eigenvalue weighted by Crippen LogP contribution is 2.03. The Kier molecular flexibility index (Phi) is 2.80. The summed E-state index contributed by atoms with van der Waals surface area (Å²) >= 11 is 0. The average Bonchev–Trinajstić information content (AvgIpc) is 2.66. The van der Waals surface area contributed by atoms with E-state index in [1.165, 1.54) is 0 Å². The van der Waals surface area contributed by atoms with Crippen molar-refractivity contribution < 1.29 is 0 Å². The standard InChI is InChI=1S/C10H14N6/c1-7-8(2)14-15-10(13-7)12-6-9-11-4-5-16(9)3/h4-5H,6H2,1-3H3,(H,12,13,15). The highest BCUT2D eigenvalue weighted by molar-refractivity contribution is 5.25. The number of imidazole rings is 1. The maximum Gasteiger partial charge on any atom is 0.243 e. The number of rotatable bonds is 3. The SMILES string of the molecule is Cc1nnc(NCc2nccn2C)nc1C. The summed E-state index contributed by atoms with van der Waals surface area (Å²) in [7, 11) is 1.95. The van der Waals surface area contributed by atoms with Crippen molar-refractivity contribution in [3.8, 4) is 0 Å². The summed E-state index contributed by atoms with van der Waals surface area (Å²) in [6.45, 7) is 4.39. The van der Waals surface area contributed by atoms with Crippen molar-refractivity contribution in [3.05, 3.63) is 29.6 Å². The second kappa shape index (κ2) is 4.26. The summed E-state index contributed by atoms with van der Waals surface area (Å²) in [5.74, 6) is 1.47. The summed E-state index contributed by atoms with van der Waals surface area (Å²) in [6.07, 6.45) is 3.66. The zero-order valence-corrected chi connectivity index (χ0v) is 9.60. The number of aryl methyl sites for hydroxylation is 3. The Morgan fingerprint density at radius 3 is 2.69 bits per heavy atom. The molecule has 0 amide bonds. The van der Waals surface area contributed by atoms with Crippen molar-refractivity contribution in [3.63, 3.8) is 0 Å². The number of aromatic nitrogens is 5. The average molecular weight is 218 g/mol. The van der Waals surface area contributed by atoms with Crippen LogP contribution in [0.25, 0.3) is 0 Å². The van der Waals surface area contributed by atoms with Crippen LogP contribution in [0.5, 0.6) is 0 Å². The minimum Gasteiger partial charge on any atom is -0.346 e. The van der Waals surface area contributed by atoms with Crippen LogP contribution < -0.4 is 5.32 Å². The maximum absolute atomic E-state index is 4.28. The number of nitrogens with one attached hydrogen (secondary N) is 1. The summed E-state index contributed by atoms with van der Waals surface area (Å²) in [4.78, 5) is 8.48. The molecule has 0 saturated carbocycles. The third-order valence-corrected chi connectivity index (χ3v) is 2.42. The molecule has 16 heavy (non-hydrogen) atoms. The van der Waals surface area contributed by atoms with Gasteiger partial charge in [-0.3, -0.25) is 0 Å². The van der Waals surface area contributed by atoms with E-state index in [1.807, 2.05) is 31.7 Å². The van der Waals surface area contributed by atoms with Crippen LogP contribution in [0.15, 0.2) is 12.4 Å². The molecule has 6 nitrogen and oxygen atoms in total. The smallest absolute Gasteiger partial charge is 0.243 e. The highest BCUT2D eigenvalue weighted by atomic mass is 15.2. The van der Waals surface area contributed by atoms with Gasteiger partial charge in [0.1, 0.15) is 5.82 Å². The Balaban J connectivity index is 2.05. The molecule has 1 N–H and O–H groups in total. The van der Waals surface area contributed by atoms with Crippen LogP contribution in [-0.2, 0) is 13.6 Å². The van der Waals surface area contributed by atoms with E-state index >= 15 is 0 Å². The van der Waals surface area contributed by atoms with Gasteiger partial charge in [-0.05, 0) is 13.8 Å². The molecule has 2 aromatic heterocycles. The lowest BCUT2D eigenvalue weighted by molar-refractivity contribution is 0.799. The zero-order valence-electron chi connectivity index (χ0n) is 9.60. The van der Waals surface area contributed by atoms with Gasteiger partial charge >= 0.3 is 0 Å². The van der Waals surface area contributed by atoms with Crippen LogP contribution in [0.3, 0.4) is 0 Å². The molecule has 0 saturated heterocycles. The van der Waals surface area contributed by atoms with Crippen molar-refractivity contribution in [1.82, 2.24) is 24.7 Å². The Labute approximate surface area is 93.8 Å². The molecular formula is C10H14N6. The predicted octanol–water partition coefficient (Wildman–Crippen LogP) is 0.834. The molecular weight excluding hydrogens is 204 g/mol. The third kappa shape index (κ3) is 2.16. The lowest BCUT2D eigenvalue weighted by atomic mass is 10.4. The minimum atomic E-state index is 0.533. The molecule has 0 radical (unpaired) electrons. The Bertz CT molecular complexity index is 490. The molecule has 0 aliphatic rings. The first kappa shape index (κ1) is 10.5. The van der Waals surface area contributed by atoms with E-state index in [1.54, 1.807) is 6.20 Å². The monoisotopic (exact) mass is 218 g/mol. The maximum atomic E-state index is 4.28. The molecule has 0 bridgehead atoms. The Morgan fingerprint density at radius 1 is 1.25 bits per heavy atom. The second-order valence-corrected chi connectivity index (χ2v) is 3.61. The van der Waals surface area contributed by atoms with Gasteiger partial charge in [0.25, 0.3) is 0 Å². The van der Waals surface area contributed by atoms with Gasteiger partial charge in [0, 0.05) is 19.4 Å². The summed E-state index contributed by atoms with van der Waals surface area (Å²) in [5.41, 5.74) is 1.74. The molecule has 6 heteroatoms. The Hall–Kier alpha value is -1.98. The zero-order chi connectivity index (χ0) is 11.5. The van der Waals surface area contributed by atoms with Crippen LogP contribution in [0.2, 0.25) is 0 Å². The second-order valence-electron chi connectivity index (χ2n) is 3.61. The van der Waals surface area contributed by atoms with E-state index in [9.17, 15) is 0 Å². The van der Waals surface area contributed by atoms with Crippen LogP contribution in [0, 0.1) is 13.8 Å². The normalized spacial score (nSPS) is 10.4. The molecule has 0 unspecified atom stereocenters. The molecule has 0 atom stereocenters. The van der Waals surface area contributed by atoms with E-state index in [-0.39, 0.29) is 0 Å². The van der Waals surface area contributed by atoms with Crippen LogP contribution in [0.1, 0.15) is 17.2 Å².